The van der Waals surface area contributed by atoms with Gasteiger partial charge in [0.25, 0.3) is 10.0 Å². The summed E-state index contributed by atoms with van der Waals surface area (Å²) in [6.45, 7) is 3.53. The van der Waals surface area contributed by atoms with Crippen LogP contribution in [0.5, 0.6) is 0 Å². The number of anilines is 2. The molecule has 0 bridgehead atoms. The number of para-hydroxylation sites is 1. The number of halogens is 1. The molecule has 0 aliphatic carbocycles. The van der Waals surface area contributed by atoms with Crippen LogP contribution >= 0.6 is 11.6 Å². The minimum Gasteiger partial charge on any atom is -0.398 e. The van der Waals surface area contributed by atoms with Gasteiger partial charge in [0.05, 0.1) is 10.6 Å². The van der Waals surface area contributed by atoms with Crippen molar-refractivity contribution in [3.63, 3.8) is 0 Å². The zero-order valence-electron chi connectivity index (χ0n) is 12.1. The number of rotatable bonds is 3. The highest BCUT2D eigenvalue weighted by Crippen LogP contribution is 2.31. The van der Waals surface area contributed by atoms with Crippen molar-refractivity contribution in [2.24, 2.45) is 0 Å². The fraction of sp³-hybridized carbons (Fsp3) is 0.200. The maximum absolute atomic E-state index is 12.8. The molecule has 2 aromatic rings. The van der Waals surface area contributed by atoms with E-state index in [0.29, 0.717) is 22.0 Å². The molecule has 112 valence electrons. The van der Waals surface area contributed by atoms with Crippen LogP contribution in [0.15, 0.2) is 41.3 Å². The first-order valence-corrected chi connectivity index (χ1v) is 8.17. The third-order valence-electron chi connectivity index (χ3n) is 3.46. The van der Waals surface area contributed by atoms with Crippen LogP contribution < -0.4 is 10.0 Å². The predicted molar refractivity (Wildman–Crippen MR) is 87.4 cm³/mol. The number of sulfonamides is 1. The molecule has 2 aromatic carbocycles. The Labute approximate surface area is 130 Å². The standard InChI is InChI=1S/C15H17ClN2O2S/c1-10-6-4-5-7-14(10)18(3)21(19,20)15-9-12(16)8-13(17)11(15)2/h4-9H,17H2,1-3H3. The minimum absolute atomic E-state index is 0.123. The van der Waals surface area contributed by atoms with Gasteiger partial charge >= 0.3 is 0 Å². The van der Waals surface area contributed by atoms with E-state index in [1.165, 1.54) is 17.4 Å². The lowest BCUT2D eigenvalue weighted by atomic mass is 10.2. The Morgan fingerprint density at radius 1 is 1.14 bits per heavy atom. The number of nitrogens with two attached hydrogens (primary N) is 1. The van der Waals surface area contributed by atoms with Crippen LogP contribution in [-0.4, -0.2) is 15.5 Å². The summed E-state index contributed by atoms with van der Waals surface area (Å²) in [5.74, 6) is 0. The van der Waals surface area contributed by atoms with Gasteiger partial charge < -0.3 is 5.73 Å². The summed E-state index contributed by atoms with van der Waals surface area (Å²) in [6.07, 6.45) is 0. The van der Waals surface area contributed by atoms with E-state index in [2.05, 4.69) is 0 Å². The average Bonchev–Trinajstić information content (AvgIpc) is 2.42. The Kier molecular flexibility index (Phi) is 4.16. The van der Waals surface area contributed by atoms with Gasteiger partial charge in [-0.05, 0) is 43.2 Å². The smallest absolute Gasteiger partial charge is 0.264 e. The second-order valence-corrected chi connectivity index (χ2v) is 7.25. The van der Waals surface area contributed by atoms with Gasteiger partial charge in [0.1, 0.15) is 0 Å². The van der Waals surface area contributed by atoms with Gasteiger partial charge in [-0.1, -0.05) is 29.8 Å². The van der Waals surface area contributed by atoms with E-state index in [0.717, 1.165) is 5.56 Å². The zero-order chi connectivity index (χ0) is 15.8. The van der Waals surface area contributed by atoms with Crippen molar-refractivity contribution in [3.8, 4) is 0 Å². The summed E-state index contributed by atoms with van der Waals surface area (Å²) in [7, 11) is -2.20. The minimum atomic E-state index is -3.72. The van der Waals surface area contributed by atoms with Crippen molar-refractivity contribution in [1.82, 2.24) is 0 Å². The van der Waals surface area contributed by atoms with E-state index in [-0.39, 0.29) is 4.90 Å². The van der Waals surface area contributed by atoms with Crippen molar-refractivity contribution in [3.05, 3.63) is 52.5 Å². The average molecular weight is 325 g/mol. The van der Waals surface area contributed by atoms with Crippen LogP contribution in [0.2, 0.25) is 5.02 Å². The molecule has 0 heterocycles. The molecule has 0 aliphatic heterocycles. The van der Waals surface area contributed by atoms with Crippen molar-refractivity contribution < 1.29 is 8.42 Å². The lowest BCUT2D eigenvalue weighted by molar-refractivity contribution is 0.593. The first-order chi connectivity index (χ1) is 9.75. The van der Waals surface area contributed by atoms with Crippen LogP contribution in [0.25, 0.3) is 0 Å². The Hall–Kier alpha value is -1.72. The molecule has 6 heteroatoms. The van der Waals surface area contributed by atoms with Crippen LogP contribution in [0.3, 0.4) is 0 Å². The summed E-state index contributed by atoms with van der Waals surface area (Å²) in [6, 6.07) is 10.3. The number of hydrogen-bond donors (Lipinski definition) is 1. The third-order valence-corrected chi connectivity index (χ3v) is 5.57. The van der Waals surface area contributed by atoms with E-state index in [1.54, 1.807) is 25.1 Å². The molecule has 21 heavy (non-hydrogen) atoms. The van der Waals surface area contributed by atoms with E-state index >= 15 is 0 Å². The monoisotopic (exact) mass is 324 g/mol. The Morgan fingerprint density at radius 3 is 2.38 bits per heavy atom. The maximum Gasteiger partial charge on any atom is 0.264 e. The summed E-state index contributed by atoms with van der Waals surface area (Å²) >= 11 is 5.95. The molecule has 2 N–H and O–H groups in total. The lowest BCUT2D eigenvalue weighted by Gasteiger charge is -2.23. The fourth-order valence-corrected chi connectivity index (χ4v) is 3.97. The molecular weight excluding hydrogens is 308 g/mol. The van der Waals surface area contributed by atoms with Crippen LogP contribution in [0.4, 0.5) is 11.4 Å². The van der Waals surface area contributed by atoms with Crippen molar-refractivity contribution in [1.29, 1.82) is 0 Å². The molecule has 0 spiro atoms. The largest absolute Gasteiger partial charge is 0.398 e. The molecule has 0 fully saturated rings. The number of benzene rings is 2. The maximum atomic E-state index is 12.8. The number of nitrogen functional groups attached to an aromatic ring is 1. The summed E-state index contributed by atoms with van der Waals surface area (Å²) in [5, 5.41) is 0.301. The second kappa shape index (κ2) is 5.58. The zero-order valence-corrected chi connectivity index (χ0v) is 13.7. The van der Waals surface area contributed by atoms with Crippen LogP contribution in [-0.2, 0) is 10.0 Å². The van der Waals surface area contributed by atoms with E-state index in [1.807, 2.05) is 19.1 Å². The van der Waals surface area contributed by atoms with Crippen LogP contribution in [0.1, 0.15) is 11.1 Å². The molecule has 0 aromatic heterocycles. The number of nitrogens with zero attached hydrogens (tertiary/aromatic N) is 1. The molecule has 0 aliphatic rings. The molecule has 0 atom stereocenters. The van der Waals surface area contributed by atoms with Gasteiger partial charge in [0, 0.05) is 17.8 Å². The molecule has 0 saturated heterocycles. The Morgan fingerprint density at radius 2 is 1.76 bits per heavy atom. The van der Waals surface area contributed by atoms with E-state index in [4.69, 9.17) is 17.3 Å². The number of aryl methyl sites for hydroxylation is 1. The van der Waals surface area contributed by atoms with Crippen molar-refractivity contribution in [2.75, 3.05) is 17.1 Å². The highest BCUT2D eigenvalue weighted by Gasteiger charge is 2.25. The van der Waals surface area contributed by atoms with Crippen LogP contribution in [0, 0.1) is 13.8 Å². The second-order valence-electron chi connectivity index (χ2n) is 4.88. The molecule has 2 rings (SSSR count). The predicted octanol–water partition coefficient (Wildman–Crippen LogP) is 3.36. The highest BCUT2D eigenvalue weighted by atomic mass is 35.5. The van der Waals surface area contributed by atoms with Gasteiger partial charge in [-0.25, -0.2) is 8.42 Å². The first kappa shape index (κ1) is 15.7. The van der Waals surface area contributed by atoms with Crippen molar-refractivity contribution in [2.45, 2.75) is 18.7 Å². The molecular formula is C15H17ClN2O2S. The highest BCUT2D eigenvalue weighted by molar-refractivity contribution is 7.92. The third kappa shape index (κ3) is 2.84. The fourth-order valence-electron chi connectivity index (χ4n) is 2.14. The summed E-state index contributed by atoms with van der Waals surface area (Å²) < 4.78 is 26.9. The van der Waals surface area contributed by atoms with Gasteiger partial charge in [-0.3, -0.25) is 4.31 Å². The topological polar surface area (TPSA) is 63.4 Å². The Bertz CT molecular complexity index is 788. The molecule has 0 amide bonds. The summed E-state index contributed by atoms with van der Waals surface area (Å²) in [4.78, 5) is 0.123. The first-order valence-electron chi connectivity index (χ1n) is 6.35. The van der Waals surface area contributed by atoms with Gasteiger partial charge in [-0.15, -0.1) is 0 Å². The normalized spacial score (nSPS) is 11.4. The van der Waals surface area contributed by atoms with Gasteiger partial charge in [-0.2, -0.15) is 0 Å². The molecule has 0 radical (unpaired) electrons. The quantitative estimate of drug-likeness (QED) is 0.880. The van der Waals surface area contributed by atoms with E-state index < -0.39 is 10.0 Å². The van der Waals surface area contributed by atoms with Gasteiger partial charge in [0.15, 0.2) is 0 Å². The summed E-state index contributed by atoms with van der Waals surface area (Å²) in [5.41, 5.74) is 8.17. The molecule has 4 nitrogen and oxygen atoms in total. The van der Waals surface area contributed by atoms with Crippen molar-refractivity contribution >= 4 is 33.0 Å². The van der Waals surface area contributed by atoms with Gasteiger partial charge in [0.2, 0.25) is 0 Å². The number of hydrogen-bond acceptors (Lipinski definition) is 3. The van der Waals surface area contributed by atoms with E-state index in [9.17, 15) is 8.42 Å². The molecule has 0 saturated carbocycles. The Balaban J connectivity index is 2.60. The molecule has 0 unspecified atom stereocenters. The lowest BCUT2D eigenvalue weighted by Crippen LogP contribution is -2.28. The SMILES string of the molecule is Cc1ccccc1N(C)S(=O)(=O)c1cc(Cl)cc(N)c1C.